The van der Waals surface area contributed by atoms with Crippen LogP contribution in [0.2, 0.25) is 0 Å². The molecule has 1 N–H and O–H groups in total. The summed E-state index contributed by atoms with van der Waals surface area (Å²) in [4.78, 5) is 0.294. The van der Waals surface area contributed by atoms with E-state index in [1.54, 1.807) is 12.1 Å². The molecule has 118 valence electrons. The van der Waals surface area contributed by atoms with E-state index in [-0.39, 0.29) is 0 Å². The lowest BCUT2D eigenvalue weighted by Crippen LogP contribution is -2.14. The molecular formula is C18H23NO2S. The highest BCUT2D eigenvalue weighted by Gasteiger charge is 2.16. The molecule has 0 spiro atoms. The second-order valence-corrected chi connectivity index (χ2v) is 7.43. The van der Waals surface area contributed by atoms with E-state index >= 15 is 0 Å². The topological polar surface area (TPSA) is 46.2 Å². The standard InChI is InChI=1S/C18H23NO2S/c1-5-13(2)16-9-11-17(12-10-16)22(20,21)19-18-14(3)7-6-8-15(18)4/h6-13,19H,5H2,1-4H3/t13-/m1/s1. The zero-order chi connectivity index (χ0) is 16.3. The van der Waals surface area contributed by atoms with Crippen LogP contribution in [0.1, 0.15) is 42.9 Å². The maximum atomic E-state index is 12.5. The van der Waals surface area contributed by atoms with Crippen molar-refractivity contribution in [2.24, 2.45) is 0 Å². The number of hydrogen-bond donors (Lipinski definition) is 1. The number of nitrogens with one attached hydrogen (secondary N) is 1. The molecule has 0 fully saturated rings. The first-order chi connectivity index (χ1) is 10.3. The van der Waals surface area contributed by atoms with Gasteiger partial charge < -0.3 is 0 Å². The first-order valence-electron chi connectivity index (χ1n) is 7.54. The van der Waals surface area contributed by atoms with Crippen LogP contribution in [0.5, 0.6) is 0 Å². The fourth-order valence-electron chi connectivity index (χ4n) is 2.38. The monoisotopic (exact) mass is 317 g/mol. The van der Waals surface area contributed by atoms with E-state index in [0.29, 0.717) is 16.5 Å². The van der Waals surface area contributed by atoms with Gasteiger partial charge in [0.05, 0.1) is 10.6 Å². The molecule has 0 aliphatic carbocycles. The SMILES string of the molecule is CC[C@@H](C)c1ccc(S(=O)(=O)Nc2c(C)cccc2C)cc1. The molecule has 2 aromatic rings. The summed E-state index contributed by atoms with van der Waals surface area (Å²) in [7, 11) is -3.56. The van der Waals surface area contributed by atoms with E-state index in [9.17, 15) is 8.42 Å². The Morgan fingerprint density at radius 1 is 1.00 bits per heavy atom. The van der Waals surface area contributed by atoms with Crippen molar-refractivity contribution < 1.29 is 8.42 Å². The van der Waals surface area contributed by atoms with Gasteiger partial charge in [-0.15, -0.1) is 0 Å². The molecule has 2 aromatic carbocycles. The molecule has 0 aromatic heterocycles. The predicted molar refractivity (Wildman–Crippen MR) is 91.9 cm³/mol. The minimum absolute atomic E-state index is 0.294. The summed E-state index contributed by atoms with van der Waals surface area (Å²) in [6.45, 7) is 8.06. The minimum Gasteiger partial charge on any atom is -0.279 e. The van der Waals surface area contributed by atoms with Crippen molar-refractivity contribution in [2.45, 2.75) is 44.9 Å². The lowest BCUT2D eigenvalue weighted by molar-refractivity contribution is 0.601. The molecule has 0 unspecified atom stereocenters. The maximum Gasteiger partial charge on any atom is 0.261 e. The molecule has 2 rings (SSSR count). The largest absolute Gasteiger partial charge is 0.279 e. The predicted octanol–water partition coefficient (Wildman–Crippen LogP) is 4.62. The average molecular weight is 317 g/mol. The van der Waals surface area contributed by atoms with Gasteiger partial charge in [0, 0.05) is 0 Å². The first kappa shape index (κ1) is 16.6. The zero-order valence-corrected chi connectivity index (χ0v) is 14.4. The van der Waals surface area contributed by atoms with Gasteiger partial charge in [0.2, 0.25) is 0 Å². The van der Waals surface area contributed by atoms with Gasteiger partial charge in [-0.25, -0.2) is 8.42 Å². The van der Waals surface area contributed by atoms with Gasteiger partial charge >= 0.3 is 0 Å². The fourth-order valence-corrected chi connectivity index (χ4v) is 3.58. The summed E-state index contributed by atoms with van der Waals surface area (Å²) in [5.41, 5.74) is 3.65. The van der Waals surface area contributed by atoms with Crippen LogP contribution >= 0.6 is 0 Å². The number of aryl methyl sites for hydroxylation is 2. The van der Waals surface area contributed by atoms with Crippen LogP contribution in [-0.4, -0.2) is 8.42 Å². The quantitative estimate of drug-likeness (QED) is 0.874. The Hall–Kier alpha value is -1.81. The van der Waals surface area contributed by atoms with E-state index < -0.39 is 10.0 Å². The summed E-state index contributed by atoms with van der Waals surface area (Å²) in [5.74, 6) is 0.434. The highest BCUT2D eigenvalue weighted by atomic mass is 32.2. The van der Waals surface area contributed by atoms with Crippen molar-refractivity contribution in [1.82, 2.24) is 0 Å². The van der Waals surface area contributed by atoms with Crippen molar-refractivity contribution >= 4 is 15.7 Å². The molecule has 0 saturated heterocycles. The van der Waals surface area contributed by atoms with E-state index in [1.807, 2.05) is 44.2 Å². The smallest absolute Gasteiger partial charge is 0.261 e. The van der Waals surface area contributed by atoms with Crippen LogP contribution in [0.15, 0.2) is 47.4 Å². The average Bonchev–Trinajstić information content (AvgIpc) is 2.50. The summed E-state index contributed by atoms with van der Waals surface area (Å²) >= 11 is 0. The summed E-state index contributed by atoms with van der Waals surface area (Å²) in [5, 5.41) is 0. The molecule has 0 bridgehead atoms. The molecule has 0 aliphatic heterocycles. The Bertz CT molecular complexity index is 729. The summed E-state index contributed by atoms with van der Waals surface area (Å²) in [6, 6.07) is 12.9. The molecule has 4 heteroatoms. The van der Waals surface area contributed by atoms with Gasteiger partial charge in [0.15, 0.2) is 0 Å². The summed E-state index contributed by atoms with van der Waals surface area (Å²) < 4.78 is 27.8. The van der Waals surface area contributed by atoms with E-state index in [1.165, 1.54) is 0 Å². The second kappa shape index (κ2) is 6.53. The molecule has 0 saturated carbocycles. The number of benzene rings is 2. The van der Waals surface area contributed by atoms with Crippen LogP contribution in [0, 0.1) is 13.8 Å². The van der Waals surface area contributed by atoms with Crippen LogP contribution in [0.3, 0.4) is 0 Å². The Morgan fingerprint density at radius 2 is 1.55 bits per heavy atom. The van der Waals surface area contributed by atoms with E-state index in [0.717, 1.165) is 23.1 Å². The molecule has 0 amide bonds. The maximum absolute atomic E-state index is 12.5. The third kappa shape index (κ3) is 3.50. The van der Waals surface area contributed by atoms with Gasteiger partial charge in [-0.05, 0) is 55.0 Å². The molecule has 22 heavy (non-hydrogen) atoms. The van der Waals surface area contributed by atoms with E-state index in [4.69, 9.17) is 0 Å². The van der Waals surface area contributed by atoms with Crippen molar-refractivity contribution in [3.8, 4) is 0 Å². The van der Waals surface area contributed by atoms with Crippen LogP contribution in [0.4, 0.5) is 5.69 Å². The lowest BCUT2D eigenvalue weighted by atomic mass is 9.99. The second-order valence-electron chi connectivity index (χ2n) is 5.75. The fraction of sp³-hybridized carbons (Fsp3) is 0.333. The van der Waals surface area contributed by atoms with Crippen LogP contribution in [-0.2, 0) is 10.0 Å². The van der Waals surface area contributed by atoms with Crippen molar-refractivity contribution in [3.05, 3.63) is 59.2 Å². The van der Waals surface area contributed by atoms with E-state index in [2.05, 4.69) is 18.6 Å². The third-order valence-electron chi connectivity index (χ3n) is 4.09. The number of anilines is 1. The van der Waals surface area contributed by atoms with Crippen molar-refractivity contribution in [2.75, 3.05) is 4.72 Å². The number of hydrogen-bond acceptors (Lipinski definition) is 2. The molecular weight excluding hydrogens is 294 g/mol. The van der Waals surface area contributed by atoms with Crippen molar-refractivity contribution in [3.63, 3.8) is 0 Å². The zero-order valence-electron chi connectivity index (χ0n) is 13.6. The Balaban J connectivity index is 2.31. The third-order valence-corrected chi connectivity index (χ3v) is 5.45. The highest BCUT2D eigenvalue weighted by molar-refractivity contribution is 7.92. The lowest BCUT2D eigenvalue weighted by Gasteiger charge is -2.14. The highest BCUT2D eigenvalue weighted by Crippen LogP contribution is 2.25. The van der Waals surface area contributed by atoms with Gasteiger partial charge in [0.25, 0.3) is 10.0 Å². The Morgan fingerprint density at radius 3 is 2.05 bits per heavy atom. The molecule has 1 atom stereocenters. The van der Waals surface area contributed by atoms with Gasteiger partial charge in [-0.2, -0.15) is 0 Å². The Labute approximate surface area is 133 Å². The van der Waals surface area contributed by atoms with Crippen molar-refractivity contribution in [1.29, 1.82) is 0 Å². The van der Waals surface area contributed by atoms with Gasteiger partial charge in [0.1, 0.15) is 0 Å². The van der Waals surface area contributed by atoms with Crippen LogP contribution < -0.4 is 4.72 Å². The normalized spacial score (nSPS) is 12.9. The molecule has 0 aliphatic rings. The van der Waals surface area contributed by atoms with Gasteiger partial charge in [-0.3, -0.25) is 4.72 Å². The van der Waals surface area contributed by atoms with Gasteiger partial charge in [-0.1, -0.05) is 44.2 Å². The first-order valence-corrected chi connectivity index (χ1v) is 9.02. The Kier molecular flexibility index (Phi) is 4.91. The number of sulfonamides is 1. The number of para-hydroxylation sites is 1. The van der Waals surface area contributed by atoms with Crippen LogP contribution in [0.25, 0.3) is 0 Å². The minimum atomic E-state index is -3.56. The molecule has 3 nitrogen and oxygen atoms in total. The molecule has 0 heterocycles. The summed E-state index contributed by atoms with van der Waals surface area (Å²) in [6.07, 6.45) is 1.03. The molecule has 0 radical (unpaired) electrons. The number of rotatable bonds is 5.